The van der Waals surface area contributed by atoms with Crippen LogP contribution in [0.1, 0.15) is 24.8 Å². The summed E-state index contributed by atoms with van der Waals surface area (Å²) in [6.07, 6.45) is 3.12. The molecule has 2 rings (SSSR count). The molecule has 1 unspecified atom stereocenters. The maximum atomic E-state index is 4.43. The van der Waals surface area contributed by atoms with E-state index < -0.39 is 0 Å². The molecule has 0 radical (unpaired) electrons. The lowest BCUT2D eigenvalue weighted by Gasteiger charge is -2.25. The number of nitrogens with zero attached hydrogens (tertiary/aromatic N) is 2. The molecule has 0 saturated carbocycles. The average Bonchev–Trinajstić information content (AvgIpc) is 2.29. The molecule has 0 spiro atoms. The topological polar surface area (TPSA) is 15.6 Å². The second-order valence-electron chi connectivity index (χ2n) is 4.16. The van der Waals surface area contributed by atoms with Crippen molar-refractivity contribution >= 4 is 11.9 Å². The Morgan fingerprint density at radius 2 is 2.20 bits per heavy atom. The van der Waals surface area contributed by atoms with Crippen molar-refractivity contribution in [2.24, 2.45) is 4.99 Å². The van der Waals surface area contributed by atoms with Crippen LogP contribution in [0.4, 0.5) is 5.69 Å². The molecule has 15 heavy (non-hydrogen) atoms. The normalized spacial score (nSPS) is 19.3. The maximum absolute atomic E-state index is 4.43. The Morgan fingerprint density at radius 1 is 1.40 bits per heavy atom. The van der Waals surface area contributed by atoms with Gasteiger partial charge in [-0.05, 0) is 31.6 Å². The van der Waals surface area contributed by atoms with Gasteiger partial charge in [-0.15, -0.1) is 0 Å². The average molecular weight is 202 g/mol. The van der Waals surface area contributed by atoms with Crippen molar-refractivity contribution in [3.05, 3.63) is 29.8 Å². The van der Waals surface area contributed by atoms with E-state index in [1.54, 1.807) is 0 Å². The molecule has 0 bridgehead atoms. The summed E-state index contributed by atoms with van der Waals surface area (Å²) < 4.78 is 0. The standard InChI is InChI=1S/C13H18N2/c1-3-15(2)10-11-8-9-14-13-7-5-4-6-12(11)13/h4-7,9,11H,3,8,10H2,1-2H3. The molecule has 0 aliphatic carbocycles. The number of benzene rings is 1. The maximum Gasteiger partial charge on any atom is 0.0661 e. The second kappa shape index (κ2) is 4.58. The molecule has 2 heteroatoms. The highest BCUT2D eigenvalue weighted by Gasteiger charge is 2.18. The summed E-state index contributed by atoms with van der Waals surface area (Å²) in [6, 6.07) is 8.48. The number of likely N-dealkylation sites (N-methyl/N-ethyl adjacent to an activating group) is 1. The predicted molar refractivity (Wildman–Crippen MR) is 65.1 cm³/mol. The van der Waals surface area contributed by atoms with Gasteiger partial charge in [0.2, 0.25) is 0 Å². The molecule has 0 amide bonds. The van der Waals surface area contributed by atoms with Crippen LogP contribution < -0.4 is 0 Å². The Kier molecular flexibility index (Phi) is 3.17. The van der Waals surface area contributed by atoms with Crippen molar-refractivity contribution in [2.75, 3.05) is 20.1 Å². The van der Waals surface area contributed by atoms with Crippen LogP contribution in [0.2, 0.25) is 0 Å². The summed E-state index contributed by atoms with van der Waals surface area (Å²) in [5.74, 6) is 0.614. The number of aliphatic imine (C=N–C) groups is 1. The van der Waals surface area contributed by atoms with Crippen molar-refractivity contribution < 1.29 is 0 Å². The third-order valence-electron chi connectivity index (χ3n) is 3.07. The van der Waals surface area contributed by atoms with E-state index in [0.717, 1.165) is 25.2 Å². The van der Waals surface area contributed by atoms with Gasteiger partial charge >= 0.3 is 0 Å². The quantitative estimate of drug-likeness (QED) is 0.736. The van der Waals surface area contributed by atoms with Gasteiger partial charge in [-0.3, -0.25) is 4.99 Å². The first-order valence-electron chi connectivity index (χ1n) is 5.61. The number of fused-ring (bicyclic) bond motifs is 1. The van der Waals surface area contributed by atoms with Crippen molar-refractivity contribution in [3.63, 3.8) is 0 Å². The molecule has 0 fully saturated rings. The van der Waals surface area contributed by atoms with E-state index in [0.29, 0.717) is 5.92 Å². The van der Waals surface area contributed by atoms with Gasteiger partial charge in [0.15, 0.2) is 0 Å². The summed E-state index contributed by atoms with van der Waals surface area (Å²) in [6.45, 7) is 4.43. The zero-order valence-electron chi connectivity index (χ0n) is 9.48. The van der Waals surface area contributed by atoms with Gasteiger partial charge < -0.3 is 4.90 Å². The Bertz CT molecular complexity index is 357. The Balaban J connectivity index is 2.19. The second-order valence-corrected chi connectivity index (χ2v) is 4.16. The Hall–Kier alpha value is -1.15. The van der Waals surface area contributed by atoms with Gasteiger partial charge in [0.1, 0.15) is 0 Å². The molecular weight excluding hydrogens is 184 g/mol. The fourth-order valence-electron chi connectivity index (χ4n) is 2.03. The van der Waals surface area contributed by atoms with E-state index in [4.69, 9.17) is 0 Å². The van der Waals surface area contributed by atoms with E-state index in [1.807, 2.05) is 0 Å². The zero-order valence-corrected chi connectivity index (χ0v) is 9.48. The van der Waals surface area contributed by atoms with E-state index in [2.05, 4.69) is 54.3 Å². The summed E-state index contributed by atoms with van der Waals surface area (Å²) in [4.78, 5) is 6.79. The van der Waals surface area contributed by atoms with Crippen molar-refractivity contribution in [3.8, 4) is 0 Å². The van der Waals surface area contributed by atoms with Crippen LogP contribution in [0.15, 0.2) is 29.3 Å². The minimum absolute atomic E-state index is 0.614. The van der Waals surface area contributed by atoms with Crippen LogP contribution in [0.25, 0.3) is 0 Å². The molecule has 80 valence electrons. The fourth-order valence-corrected chi connectivity index (χ4v) is 2.03. The summed E-state index contributed by atoms with van der Waals surface area (Å²) in [5.41, 5.74) is 2.55. The number of hydrogen-bond acceptors (Lipinski definition) is 2. The minimum atomic E-state index is 0.614. The molecule has 2 nitrogen and oxygen atoms in total. The highest BCUT2D eigenvalue weighted by Crippen LogP contribution is 2.32. The monoisotopic (exact) mass is 202 g/mol. The Morgan fingerprint density at radius 3 is 3.00 bits per heavy atom. The molecule has 1 aromatic carbocycles. The van der Waals surface area contributed by atoms with Crippen LogP contribution in [-0.4, -0.2) is 31.3 Å². The molecule has 1 heterocycles. The predicted octanol–water partition coefficient (Wildman–Crippen LogP) is 2.83. The lowest BCUT2D eigenvalue weighted by Crippen LogP contribution is -2.25. The largest absolute Gasteiger partial charge is 0.306 e. The molecule has 1 aromatic rings. The van der Waals surface area contributed by atoms with Crippen molar-refractivity contribution in [1.82, 2.24) is 4.90 Å². The van der Waals surface area contributed by atoms with Crippen molar-refractivity contribution in [2.45, 2.75) is 19.3 Å². The van der Waals surface area contributed by atoms with Crippen LogP contribution in [-0.2, 0) is 0 Å². The van der Waals surface area contributed by atoms with Crippen LogP contribution in [0, 0.1) is 0 Å². The van der Waals surface area contributed by atoms with E-state index in [9.17, 15) is 0 Å². The lowest BCUT2D eigenvalue weighted by atomic mass is 9.92. The SMILES string of the molecule is CCN(C)CC1CC=Nc2ccccc21. The highest BCUT2D eigenvalue weighted by molar-refractivity contribution is 5.70. The molecular formula is C13H18N2. The van der Waals surface area contributed by atoms with Crippen LogP contribution in [0.5, 0.6) is 0 Å². The third kappa shape index (κ3) is 2.26. The summed E-state index contributed by atoms with van der Waals surface area (Å²) >= 11 is 0. The van der Waals surface area contributed by atoms with Gasteiger partial charge in [-0.2, -0.15) is 0 Å². The first-order valence-corrected chi connectivity index (χ1v) is 5.61. The van der Waals surface area contributed by atoms with E-state index >= 15 is 0 Å². The molecule has 1 atom stereocenters. The first-order chi connectivity index (χ1) is 7.31. The third-order valence-corrected chi connectivity index (χ3v) is 3.07. The minimum Gasteiger partial charge on any atom is -0.306 e. The van der Waals surface area contributed by atoms with Gasteiger partial charge in [-0.1, -0.05) is 25.1 Å². The van der Waals surface area contributed by atoms with E-state index in [-0.39, 0.29) is 0 Å². The van der Waals surface area contributed by atoms with Crippen LogP contribution >= 0.6 is 0 Å². The van der Waals surface area contributed by atoms with E-state index in [1.165, 1.54) is 5.56 Å². The van der Waals surface area contributed by atoms with Gasteiger partial charge in [0, 0.05) is 18.7 Å². The smallest absolute Gasteiger partial charge is 0.0661 e. The summed E-state index contributed by atoms with van der Waals surface area (Å²) in [5, 5.41) is 0. The molecule has 1 aliphatic heterocycles. The molecule has 1 aliphatic rings. The molecule has 0 saturated heterocycles. The lowest BCUT2D eigenvalue weighted by molar-refractivity contribution is 0.328. The zero-order chi connectivity index (χ0) is 10.7. The number of para-hydroxylation sites is 1. The fraction of sp³-hybridized carbons (Fsp3) is 0.462. The Labute approximate surface area is 91.6 Å². The summed E-state index contributed by atoms with van der Waals surface area (Å²) in [7, 11) is 2.17. The first kappa shape index (κ1) is 10.4. The van der Waals surface area contributed by atoms with Crippen molar-refractivity contribution in [1.29, 1.82) is 0 Å². The van der Waals surface area contributed by atoms with Gasteiger partial charge in [0.05, 0.1) is 5.69 Å². The number of hydrogen-bond donors (Lipinski definition) is 0. The van der Waals surface area contributed by atoms with Crippen LogP contribution in [0.3, 0.4) is 0 Å². The van der Waals surface area contributed by atoms with Gasteiger partial charge in [0.25, 0.3) is 0 Å². The number of rotatable bonds is 3. The molecule has 0 N–H and O–H groups in total. The highest BCUT2D eigenvalue weighted by atomic mass is 15.1. The molecule has 0 aromatic heterocycles. The van der Waals surface area contributed by atoms with Gasteiger partial charge in [-0.25, -0.2) is 0 Å².